The predicted molar refractivity (Wildman–Crippen MR) is 105 cm³/mol. The molecule has 0 radical (unpaired) electrons. The molecule has 1 amide bonds. The molecular weight excluding hydrogens is 338 g/mol. The monoisotopic (exact) mass is 357 g/mol. The number of rotatable bonds is 5. The molecular formula is C21H19N5O. The molecule has 4 aromatic rings. The smallest absolute Gasteiger partial charge is 0.254 e. The Kier molecular flexibility index (Phi) is 3.74. The third-order valence-electron chi connectivity index (χ3n) is 4.86. The highest BCUT2D eigenvalue weighted by Crippen LogP contribution is 2.31. The van der Waals surface area contributed by atoms with Gasteiger partial charge in [-0.1, -0.05) is 36.4 Å². The van der Waals surface area contributed by atoms with Gasteiger partial charge in [0.1, 0.15) is 12.1 Å². The summed E-state index contributed by atoms with van der Waals surface area (Å²) in [6.45, 7) is 0.628. The highest BCUT2D eigenvalue weighted by molar-refractivity contribution is 6.16. The van der Waals surface area contributed by atoms with Gasteiger partial charge in [0, 0.05) is 18.8 Å². The van der Waals surface area contributed by atoms with E-state index in [9.17, 15) is 4.79 Å². The van der Waals surface area contributed by atoms with Crippen LogP contribution >= 0.6 is 0 Å². The van der Waals surface area contributed by atoms with E-state index in [1.807, 2.05) is 47.0 Å². The Bertz CT molecular complexity index is 1130. The fraction of sp³-hybridized carbons (Fsp3) is 0.190. The summed E-state index contributed by atoms with van der Waals surface area (Å²) >= 11 is 0. The van der Waals surface area contributed by atoms with Gasteiger partial charge < -0.3 is 15.0 Å². The first kappa shape index (κ1) is 15.8. The first-order valence-corrected chi connectivity index (χ1v) is 9.13. The number of nitrogens with one attached hydrogen (secondary N) is 2. The van der Waals surface area contributed by atoms with Crippen LogP contribution in [0.4, 0.5) is 5.82 Å². The fourth-order valence-corrected chi connectivity index (χ4v) is 3.38. The van der Waals surface area contributed by atoms with Crippen LogP contribution in [0.15, 0.2) is 61.1 Å². The third-order valence-corrected chi connectivity index (χ3v) is 4.86. The summed E-state index contributed by atoms with van der Waals surface area (Å²) in [7, 11) is 0. The average Bonchev–Trinajstić information content (AvgIpc) is 3.46. The normalized spacial score (nSPS) is 13.8. The molecule has 5 rings (SSSR count). The second-order valence-corrected chi connectivity index (χ2v) is 6.84. The zero-order valence-corrected chi connectivity index (χ0v) is 14.7. The van der Waals surface area contributed by atoms with Crippen LogP contribution in [0, 0.1) is 0 Å². The number of hydrogen-bond donors (Lipinski definition) is 2. The quantitative estimate of drug-likeness (QED) is 0.574. The second-order valence-electron chi connectivity index (χ2n) is 6.84. The minimum Gasteiger partial charge on any atom is -0.365 e. The first-order valence-electron chi connectivity index (χ1n) is 9.13. The van der Waals surface area contributed by atoms with E-state index in [0.29, 0.717) is 17.9 Å². The first-order chi connectivity index (χ1) is 13.3. The van der Waals surface area contributed by atoms with Crippen LogP contribution in [0.2, 0.25) is 0 Å². The van der Waals surface area contributed by atoms with E-state index in [1.165, 1.54) is 6.33 Å². The Balaban J connectivity index is 1.63. The Hall–Kier alpha value is -3.41. The van der Waals surface area contributed by atoms with Crippen molar-refractivity contribution in [3.05, 3.63) is 72.2 Å². The lowest BCUT2D eigenvalue weighted by atomic mass is 10.1. The Morgan fingerprint density at radius 2 is 1.89 bits per heavy atom. The zero-order chi connectivity index (χ0) is 18.2. The number of carbonyl (C=O) groups is 1. The summed E-state index contributed by atoms with van der Waals surface area (Å²) in [5.41, 5.74) is 3.36. The molecule has 1 aliphatic carbocycles. The van der Waals surface area contributed by atoms with E-state index in [1.54, 1.807) is 0 Å². The number of carbonyl (C=O) groups excluding carboxylic acids is 1. The van der Waals surface area contributed by atoms with Crippen molar-refractivity contribution in [3.63, 3.8) is 0 Å². The van der Waals surface area contributed by atoms with Crippen LogP contribution in [0.25, 0.3) is 16.6 Å². The molecule has 134 valence electrons. The van der Waals surface area contributed by atoms with Crippen LogP contribution in [0.5, 0.6) is 0 Å². The van der Waals surface area contributed by atoms with E-state index >= 15 is 0 Å². The van der Waals surface area contributed by atoms with Crippen molar-refractivity contribution >= 4 is 28.3 Å². The van der Waals surface area contributed by atoms with Gasteiger partial charge in [-0.05, 0) is 30.5 Å². The Labute approximate surface area is 156 Å². The maximum atomic E-state index is 13.0. The molecule has 1 fully saturated rings. The Morgan fingerprint density at radius 3 is 2.70 bits per heavy atom. The summed E-state index contributed by atoms with van der Waals surface area (Å²) in [4.78, 5) is 21.9. The molecule has 0 unspecified atom stereocenters. The van der Waals surface area contributed by atoms with E-state index in [-0.39, 0.29) is 11.9 Å². The van der Waals surface area contributed by atoms with Crippen molar-refractivity contribution in [1.82, 2.24) is 19.7 Å². The largest absolute Gasteiger partial charge is 0.365 e. The van der Waals surface area contributed by atoms with E-state index < -0.39 is 0 Å². The molecule has 0 atom stereocenters. The number of aromatic nitrogens is 3. The minimum atomic E-state index is -0.0613. The van der Waals surface area contributed by atoms with Crippen molar-refractivity contribution in [2.75, 3.05) is 5.32 Å². The van der Waals surface area contributed by atoms with Gasteiger partial charge in [0.25, 0.3) is 5.91 Å². The molecule has 1 saturated carbocycles. The van der Waals surface area contributed by atoms with Crippen molar-refractivity contribution < 1.29 is 4.79 Å². The van der Waals surface area contributed by atoms with Crippen LogP contribution in [0.3, 0.4) is 0 Å². The minimum absolute atomic E-state index is 0.0613. The van der Waals surface area contributed by atoms with Crippen LogP contribution in [-0.2, 0) is 6.54 Å². The summed E-state index contributed by atoms with van der Waals surface area (Å²) in [5.74, 6) is 0.613. The zero-order valence-electron chi connectivity index (χ0n) is 14.7. The number of nitrogens with zero attached hydrogens (tertiary/aromatic N) is 3. The highest BCUT2D eigenvalue weighted by atomic mass is 16.1. The summed E-state index contributed by atoms with van der Waals surface area (Å²) in [5, 5.41) is 7.25. The van der Waals surface area contributed by atoms with Crippen LogP contribution < -0.4 is 10.6 Å². The lowest BCUT2D eigenvalue weighted by molar-refractivity contribution is 0.0954. The van der Waals surface area contributed by atoms with Gasteiger partial charge >= 0.3 is 0 Å². The van der Waals surface area contributed by atoms with Gasteiger partial charge in [-0.2, -0.15) is 0 Å². The molecule has 0 saturated heterocycles. The molecule has 27 heavy (non-hydrogen) atoms. The second kappa shape index (κ2) is 6.39. The molecule has 3 heterocycles. The standard InChI is InChI=1S/C21H19N5O/c27-21(25-15-9-10-15)17-16-8-4-5-11-26(16)20-18(17)19(23-13-24-20)22-12-14-6-2-1-3-7-14/h1-8,11,13,15H,9-10,12H2,(H,25,27)(H,22,23,24). The summed E-state index contributed by atoms with van der Waals surface area (Å²) in [6, 6.07) is 16.2. The van der Waals surface area contributed by atoms with E-state index in [4.69, 9.17) is 0 Å². The van der Waals surface area contributed by atoms with E-state index in [2.05, 4.69) is 32.7 Å². The van der Waals surface area contributed by atoms with Gasteiger partial charge in [0.05, 0.1) is 16.5 Å². The molecule has 1 aromatic carbocycles. The highest BCUT2D eigenvalue weighted by Gasteiger charge is 2.28. The molecule has 6 heteroatoms. The summed E-state index contributed by atoms with van der Waals surface area (Å²) < 4.78 is 1.95. The number of hydrogen-bond acceptors (Lipinski definition) is 4. The number of pyridine rings is 1. The van der Waals surface area contributed by atoms with Gasteiger partial charge in [0.15, 0.2) is 5.65 Å². The number of anilines is 1. The number of benzene rings is 1. The van der Waals surface area contributed by atoms with Crippen molar-refractivity contribution in [2.24, 2.45) is 0 Å². The van der Waals surface area contributed by atoms with E-state index in [0.717, 1.165) is 35.0 Å². The molecule has 3 aromatic heterocycles. The average molecular weight is 357 g/mol. The SMILES string of the molecule is O=C(NC1CC1)c1c2c(NCc3ccccc3)ncnc2n2ccccc12. The van der Waals surface area contributed by atoms with Gasteiger partial charge in [-0.3, -0.25) is 4.79 Å². The predicted octanol–water partition coefficient (Wildman–Crippen LogP) is 3.39. The van der Waals surface area contributed by atoms with Crippen molar-refractivity contribution in [3.8, 4) is 0 Å². The molecule has 2 N–H and O–H groups in total. The molecule has 6 nitrogen and oxygen atoms in total. The van der Waals surface area contributed by atoms with Gasteiger partial charge in [0.2, 0.25) is 0 Å². The van der Waals surface area contributed by atoms with Gasteiger partial charge in [-0.25, -0.2) is 9.97 Å². The molecule has 0 bridgehead atoms. The fourth-order valence-electron chi connectivity index (χ4n) is 3.38. The lowest BCUT2D eigenvalue weighted by Crippen LogP contribution is -2.25. The molecule has 1 aliphatic rings. The topological polar surface area (TPSA) is 71.3 Å². The van der Waals surface area contributed by atoms with Crippen LogP contribution in [-0.4, -0.2) is 26.3 Å². The third kappa shape index (κ3) is 2.89. The molecule has 0 aliphatic heterocycles. The lowest BCUT2D eigenvalue weighted by Gasteiger charge is -2.08. The Morgan fingerprint density at radius 1 is 1.07 bits per heavy atom. The van der Waals surface area contributed by atoms with Crippen LogP contribution in [0.1, 0.15) is 28.8 Å². The summed E-state index contributed by atoms with van der Waals surface area (Å²) in [6.07, 6.45) is 5.56. The number of amides is 1. The number of fused-ring (bicyclic) bond motifs is 3. The van der Waals surface area contributed by atoms with Crippen molar-refractivity contribution in [2.45, 2.75) is 25.4 Å². The van der Waals surface area contributed by atoms with Crippen molar-refractivity contribution in [1.29, 1.82) is 0 Å². The maximum absolute atomic E-state index is 13.0. The maximum Gasteiger partial charge on any atom is 0.254 e. The molecule has 0 spiro atoms. The van der Waals surface area contributed by atoms with Gasteiger partial charge in [-0.15, -0.1) is 0 Å².